The lowest BCUT2D eigenvalue weighted by Gasteiger charge is -2.29. The Kier molecular flexibility index (Phi) is 3.59. The zero-order chi connectivity index (χ0) is 20.3. The van der Waals surface area contributed by atoms with Gasteiger partial charge >= 0.3 is 5.63 Å². The van der Waals surface area contributed by atoms with Crippen LogP contribution in [0.4, 0.5) is 0 Å². The van der Waals surface area contributed by atoms with Crippen molar-refractivity contribution in [3.8, 4) is 16.9 Å². The highest BCUT2D eigenvalue weighted by molar-refractivity contribution is 6.14. The predicted molar refractivity (Wildman–Crippen MR) is 112 cm³/mol. The van der Waals surface area contributed by atoms with E-state index in [0.29, 0.717) is 33.6 Å². The zero-order valence-corrected chi connectivity index (χ0v) is 16.2. The summed E-state index contributed by atoms with van der Waals surface area (Å²) in [6, 6.07) is 12.4. The normalized spacial score (nSPS) is 14.7. The molecule has 0 aliphatic carbocycles. The lowest BCUT2D eigenvalue weighted by molar-refractivity contribution is 0.161. The summed E-state index contributed by atoms with van der Waals surface area (Å²) in [5.41, 5.74) is 1.33. The predicted octanol–water partition coefficient (Wildman–Crippen LogP) is 5.06. The fourth-order valence-electron chi connectivity index (χ4n) is 3.83. The van der Waals surface area contributed by atoms with Crippen molar-refractivity contribution in [1.29, 1.82) is 0 Å². The Labute approximate surface area is 165 Å². The second-order valence-electron chi connectivity index (χ2n) is 7.76. The topological polar surface area (TPSA) is 69.7 Å². The van der Waals surface area contributed by atoms with Crippen molar-refractivity contribution in [1.82, 2.24) is 0 Å². The van der Waals surface area contributed by atoms with Gasteiger partial charge in [-0.1, -0.05) is 30.3 Å². The molecule has 1 aliphatic heterocycles. The average molecular weight is 386 g/mol. The molecule has 0 unspecified atom stereocenters. The van der Waals surface area contributed by atoms with Crippen molar-refractivity contribution in [3.05, 3.63) is 80.5 Å². The molecule has 1 aliphatic rings. The van der Waals surface area contributed by atoms with Crippen molar-refractivity contribution in [2.45, 2.75) is 26.4 Å². The third kappa shape index (κ3) is 2.70. The monoisotopic (exact) mass is 386 g/mol. The highest BCUT2D eigenvalue weighted by Crippen LogP contribution is 2.45. The molecule has 0 N–H and O–H groups in total. The van der Waals surface area contributed by atoms with Gasteiger partial charge < -0.3 is 13.6 Å². The maximum atomic E-state index is 12.9. The number of ether oxygens (including phenoxy) is 1. The van der Waals surface area contributed by atoms with Gasteiger partial charge in [0.2, 0.25) is 0 Å². The molecule has 0 bridgehead atoms. The van der Waals surface area contributed by atoms with E-state index >= 15 is 0 Å². The second kappa shape index (κ2) is 5.95. The fraction of sp³-hybridized carbons (Fsp3) is 0.167. The van der Waals surface area contributed by atoms with E-state index < -0.39 is 11.2 Å². The van der Waals surface area contributed by atoms with Gasteiger partial charge in [0.15, 0.2) is 16.6 Å². The molecule has 5 rings (SSSR count). The van der Waals surface area contributed by atoms with Gasteiger partial charge in [0.05, 0.1) is 10.9 Å². The lowest BCUT2D eigenvalue weighted by atomic mass is 9.93. The molecule has 5 heteroatoms. The number of aryl methyl sites for hydroxylation is 1. The summed E-state index contributed by atoms with van der Waals surface area (Å²) in [7, 11) is 0. The van der Waals surface area contributed by atoms with E-state index in [2.05, 4.69) is 0 Å². The summed E-state index contributed by atoms with van der Waals surface area (Å²) < 4.78 is 17.8. The minimum absolute atomic E-state index is 0.185. The molecule has 0 spiro atoms. The zero-order valence-electron chi connectivity index (χ0n) is 16.2. The Bertz CT molecular complexity index is 1440. The summed E-state index contributed by atoms with van der Waals surface area (Å²) in [6.07, 6.45) is 3.83. The van der Waals surface area contributed by atoms with Crippen molar-refractivity contribution < 1.29 is 13.6 Å². The second-order valence-corrected chi connectivity index (χ2v) is 7.76. The van der Waals surface area contributed by atoms with Gasteiger partial charge in [-0.05, 0) is 38.5 Å². The Morgan fingerprint density at radius 3 is 2.41 bits per heavy atom. The molecule has 2 aromatic carbocycles. The van der Waals surface area contributed by atoms with Gasteiger partial charge in [-0.15, -0.1) is 0 Å². The van der Waals surface area contributed by atoms with E-state index in [1.165, 1.54) is 12.1 Å². The van der Waals surface area contributed by atoms with Gasteiger partial charge in [0.25, 0.3) is 0 Å². The van der Waals surface area contributed by atoms with Gasteiger partial charge in [-0.25, -0.2) is 4.79 Å². The van der Waals surface area contributed by atoms with Crippen molar-refractivity contribution >= 4 is 28.0 Å². The number of fused-ring (bicyclic) bond motifs is 6. The van der Waals surface area contributed by atoms with Crippen LogP contribution >= 0.6 is 0 Å². The molecule has 3 heterocycles. The van der Waals surface area contributed by atoms with Crippen LogP contribution in [0.3, 0.4) is 0 Å². The number of benzene rings is 2. The third-order valence-corrected chi connectivity index (χ3v) is 5.08. The minimum Gasteiger partial charge on any atom is -0.482 e. The molecule has 5 nitrogen and oxygen atoms in total. The van der Waals surface area contributed by atoms with Crippen molar-refractivity contribution in [2.75, 3.05) is 0 Å². The average Bonchev–Trinajstić information content (AvgIpc) is 2.66. The van der Waals surface area contributed by atoms with Gasteiger partial charge in [0, 0.05) is 17.7 Å². The summed E-state index contributed by atoms with van der Waals surface area (Å²) in [4.78, 5) is 25.3. The Hall–Kier alpha value is -3.60. The Balaban J connectivity index is 2.09. The van der Waals surface area contributed by atoms with Crippen LogP contribution in [0.15, 0.2) is 67.0 Å². The van der Waals surface area contributed by atoms with Crippen LogP contribution in [0, 0.1) is 6.92 Å². The first-order valence-corrected chi connectivity index (χ1v) is 9.36. The fourth-order valence-corrected chi connectivity index (χ4v) is 3.83. The van der Waals surface area contributed by atoms with E-state index in [-0.39, 0.29) is 16.4 Å². The maximum absolute atomic E-state index is 12.9. The van der Waals surface area contributed by atoms with Crippen LogP contribution in [-0.2, 0) is 0 Å². The molecule has 0 atom stereocenters. The maximum Gasteiger partial charge on any atom is 0.336 e. The summed E-state index contributed by atoms with van der Waals surface area (Å²) in [5, 5.41) is 0.832. The van der Waals surface area contributed by atoms with Gasteiger partial charge in [-0.3, -0.25) is 4.79 Å². The highest BCUT2D eigenvalue weighted by Gasteiger charge is 2.30. The van der Waals surface area contributed by atoms with E-state index in [1.54, 1.807) is 6.92 Å². The molecule has 2 aromatic heterocycles. The van der Waals surface area contributed by atoms with Gasteiger partial charge in [-0.2, -0.15) is 0 Å². The standard InChI is InChI=1S/C24H18O5/c1-13-11-17(25)20-21(27-13)15-9-10-24(2,3)29-22(15)19-16(12-18(26)28-23(19)20)14-7-5-4-6-8-14/h4-12H,1-3H3. The molecular weight excluding hydrogens is 368 g/mol. The Morgan fingerprint density at radius 2 is 1.66 bits per heavy atom. The van der Waals surface area contributed by atoms with Crippen LogP contribution in [0.1, 0.15) is 25.2 Å². The number of hydrogen-bond acceptors (Lipinski definition) is 5. The third-order valence-electron chi connectivity index (χ3n) is 5.08. The molecule has 0 saturated heterocycles. The van der Waals surface area contributed by atoms with Crippen LogP contribution < -0.4 is 15.8 Å². The summed E-state index contributed by atoms with van der Waals surface area (Å²) >= 11 is 0. The van der Waals surface area contributed by atoms with Crippen LogP contribution in [0.2, 0.25) is 0 Å². The number of hydrogen-bond donors (Lipinski definition) is 0. The first-order valence-electron chi connectivity index (χ1n) is 9.36. The van der Waals surface area contributed by atoms with Crippen molar-refractivity contribution in [3.63, 3.8) is 0 Å². The minimum atomic E-state index is -0.568. The van der Waals surface area contributed by atoms with E-state index in [9.17, 15) is 9.59 Å². The van der Waals surface area contributed by atoms with Crippen LogP contribution in [0.25, 0.3) is 39.1 Å². The van der Waals surface area contributed by atoms with E-state index in [1.807, 2.05) is 56.3 Å². The molecule has 0 saturated carbocycles. The van der Waals surface area contributed by atoms with E-state index in [4.69, 9.17) is 13.6 Å². The summed E-state index contributed by atoms with van der Waals surface area (Å²) in [5.74, 6) is 1.01. The number of rotatable bonds is 1. The highest BCUT2D eigenvalue weighted by atomic mass is 16.5. The first-order chi connectivity index (χ1) is 13.8. The SMILES string of the molecule is Cc1cc(=O)c2c(o1)c1c(c3c(-c4ccccc4)cc(=O)oc32)OC(C)(C)C=C1. The molecule has 0 radical (unpaired) electrons. The van der Waals surface area contributed by atoms with Crippen LogP contribution in [0.5, 0.6) is 5.75 Å². The molecule has 0 amide bonds. The lowest BCUT2D eigenvalue weighted by Crippen LogP contribution is -2.28. The van der Waals surface area contributed by atoms with Crippen LogP contribution in [-0.4, -0.2) is 5.60 Å². The Morgan fingerprint density at radius 1 is 0.897 bits per heavy atom. The van der Waals surface area contributed by atoms with Crippen molar-refractivity contribution in [2.24, 2.45) is 0 Å². The largest absolute Gasteiger partial charge is 0.482 e. The molecule has 4 aromatic rings. The smallest absolute Gasteiger partial charge is 0.336 e. The molecular formula is C24H18O5. The quantitative estimate of drug-likeness (QED) is 0.338. The molecule has 29 heavy (non-hydrogen) atoms. The first kappa shape index (κ1) is 17.5. The summed E-state index contributed by atoms with van der Waals surface area (Å²) in [6.45, 7) is 5.59. The van der Waals surface area contributed by atoms with Gasteiger partial charge in [0.1, 0.15) is 22.5 Å². The molecule has 0 fully saturated rings. The van der Waals surface area contributed by atoms with E-state index in [0.717, 1.165) is 5.56 Å². The molecule has 144 valence electrons.